The van der Waals surface area contributed by atoms with Gasteiger partial charge in [0.25, 0.3) is 0 Å². The Hall–Kier alpha value is -0.570. The molecule has 1 aliphatic carbocycles. The summed E-state index contributed by atoms with van der Waals surface area (Å²) in [5.74, 6) is 1.52. The largest absolute Gasteiger partial charge is 0.339 e. The van der Waals surface area contributed by atoms with Crippen LogP contribution in [0.4, 0.5) is 0 Å². The van der Waals surface area contributed by atoms with Gasteiger partial charge in [0, 0.05) is 25.2 Å². The fourth-order valence-corrected chi connectivity index (χ4v) is 4.17. The fourth-order valence-electron chi connectivity index (χ4n) is 4.17. The van der Waals surface area contributed by atoms with Crippen molar-refractivity contribution in [2.24, 2.45) is 11.8 Å². The maximum absolute atomic E-state index is 12.7. The Morgan fingerprint density at radius 2 is 1.94 bits per heavy atom. The van der Waals surface area contributed by atoms with Gasteiger partial charge in [-0.1, -0.05) is 6.42 Å². The van der Waals surface area contributed by atoms with Crippen LogP contribution in [0.3, 0.4) is 0 Å². The van der Waals surface area contributed by atoms with Crippen LogP contribution >= 0.6 is 0 Å². The van der Waals surface area contributed by atoms with Crippen molar-refractivity contribution in [3.05, 3.63) is 0 Å². The predicted molar refractivity (Wildman–Crippen MR) is 72.3 cm³/mol. The molecule has 4 unspecified atom stereocenters. The van der Waals surface area contributed by atoms with E-state index >= 15 is 0 Å². The van der Waals surface area contributed by atoms with Gasteiger partial charge in [-0.25, -0.2) is 0 Å². The molecule has 3 heteroatoms. The molecule has 1 saturated carbocycles. The van der Waals surface area contributed by atoms with Gasteiger partial charge in [-0.15, -0.1) is 0 Å². The van der Waals surface area contributed by atoms with Crippen molar-refractivity contribution in [3.8, 4) is 0 Å². The van der Waals surface area contributed by atoms with E-state index in [9.17, 15) is 4.79 Å². The molecule has 3 fully saturated rings. The Balaban J connectivity index is 1.64. The SMILES string of the molecule is CC1CCC(C(=O)N2CCCC3CCCC32)CN1. The molecule has 2 aliphatic heterocycles. The van der Waals surface area contributed by atoms with Crippen molar-refractivity contribution in [1.82, 2.24) is 10.2 Å². The molecule has 3 nitrogen and oxygen atoms in total. The van der Waals surface area contributed by atoms with Crippen LogP contribution in [-0.2, 0) is 4.79 Å². The second-order valence-electron chi connectivity index (χ2n) is 6.52. The number of piperidine rings is 2. The number of hydrogen-bond acceptors (Lipinski definition) is 2. The predicted octanol–water partition coefficient (Wildman–Crippen LogP) is 2.17. The van der Waals surface area contributed by atoms with Crippen LogP contribution < -0.4 is 5.32 Å². The topological polar surface area (TPSA) is 32.3 Å². The smallest absolute Gasteiger partial charge is 0.227 e. The molecule has 4 atom stereocenters. The Kier molecular flexibility index (Phi) is 3.60. The average molecular weight is 250 g/mol. The van der Waals surface area contributed by atoms with Crippen molar-refractivity contribution >= 4 is 5.91 Å². The van der Waals surface area contributed by atoms with Gasteiger partial charge in [0.2, 0.25) is 5.91 Å². The first-order chi connectivity index (χ1) is 8.75. The second-order valence-corrected chi connectivity index (χ2v) is 6.52. The Labute approximate surface area is 110 Å². The highest BCUT2D eigenvalue weighted by Gasteiger charge is 2.39. The number of fused-ring (bicyclic) bond motifs is 1. The van der Waals surface area contributed by atoms with Crippen LogP contribution in [0.1, 0.15) is 51.9 Å². The highest BCUT2D eigenvalue weighted by molar-refractivity contribution is 5.79. The summed E-state index contributed by atoms with van der Waals surface area (Å²) in [4.78, 5) is 14.9. The Bertz CT molecular complexity index is 310. The summed E-state index contributed by atoms with van der Waals surface area (Å²) in [7, 11) is 0. The fraction of sp³-hybridized carbons (Fsp3) is 0.933. The number of carbonyl (C=O) groups excluding carboxylic acids is 1. The summed E-state index contributed by atoms with van der Waals surface area (Å²) in [6.45, 7) is 4.13. The molecule has 0 aromatic carbocycles. The zero-order valence-electron chi connectivity index (χ0n) is 11.5. The lowest BCUT2D eigenvalue weighted by Gasteiger charge is -2.40. The van der Waals surface area contributed by atoms with Crippen LogP contribution in [0.25, 0.3) is 0 Å². The molecule has 0 spiro atoms. The maximum atomic E-state index is 12.7. The van der Waals surface area contributed by atoms with Gasteiger partial charge in [-0.05, 0) is 51.4 Å². The monoisotopic (exact) mass is 250 g/mol. The molecule has 0 radical (unpaired) electrons. The molecule has 0 aromatic heterocycles. The van der Waals surface area contributed by atoms with E-state index in [1.165, 1.54) is 32.1 Å². The number of likely N-dealkylation sites (tertiary alicyclic amines) is 1. The van der Waals surface area contributed by atoms with Crippen LogP contribution in [0, 0.1) is 11.8 Å². The lowest BCUT2D eigenvalue weighted by Crippen LogP contribution is -2.52. The third-order valence-corrected chi connectivity index (χ3v) is 5.29. The van der Waals surface area contributed by atoms with Gasteiger partial charge in [0.1, 0.15) is 0 Å². The number of nitrogens with zero attached hydrogens (tertiary/aromatic N) is 1. The van der Waals surface area contributed by atoms with E-state index in [4.69, 9.17) is 0 Å². The molecule has 3 aliphatic rings. The van der Waals surface area contributed by atoms with E-state index in [0.717, 1.165) is 31.8 Å². The molecule has 102 valence electrons. The van der Waals surface area contributed by atoms with Crippen molar-refractivity contribution in [3.63, 3.8) is 0 Å². The number of rotatable bonds is 1. The summed E-state index contributed by atoms with van der Waals surface area (Å²) in [5.41, 5.74) is 0. The first kappa shape index (κ1) is 12.5. The van der Waals surface area contributed by atoms with Crippen LogP contribution in [0.15, 0.2) is 0 Å². The minimum atomic E-state index is 0.251. The summed E-state index contributed by atoms with van der Waals surface area (Å²) in [5, 5.41) is 3.46. The van der Waals surface area contributed by atoms with Crippen molar-refractivity contribution in [1.29, 1.82) is 0 Å². The van der Waals surface area contributed by atoms with Gasteiger partial charge < -0.3 is 10.2 Å². The van der Waals surface area contributed by atoms with E-state index in [2.05, 4.69) is 17.1 Å². The minimum absolute atomic E-state index is 0.251. The van der Waals surface area contributed by atoms with E-state index in [1.54, 1.807) is 0 Å². The van der Waals surface area contributed by atoms with Crippen LogP contribution in [0.5, 0.6) is 0 Å². The number of hydrogen-bond donors (Lipinski definition) is 1. The number of amides is 1. The lowest BCUT2D eigenvalue weighted by molar-refractivity contribution is -0.141. The Morgan fingerprint density at radius 1 is 1.11 bits per heavy atom. The third-order valence-electron chi connectivity index (χ3n) is 5.29. The zero-order chi connectivity index (χ0) is 12.5. The maximum Gasteiger partial charge on any atom is 0.227 e. The molecule has 2 saturated heterocycles. The lowest BCUT2D eigenvalue weighted by atomic mass is 9.88. The van der Waals surface area contributed by atoms with Gasteiger partial charge in [0.15, 0.2) is 0 Å². The van der Waals surface area contributed by atoms with Crippen molar-refractivity contribution < 1.29 is 4.79 Å². The molecule has 2 heterocycles. The van der Waals surface area contributed by atoms with E-state index < -0.39 is 0 Å². The molecule has 0 aromatic rings. The summed E-state index contributed by atoms with van der Waals surface area (Å²) in [6, 6.07) is 1.18. The third kappa shape index (κ3) is 2.29. The zero-order valence-corrected chi connectivity index (χ0v) is 11.5. The molecule has 0 bridgehead atoms. The summed E-state index contributed by atoms with van der Waals surface area (Å²) >= 11 is 0. The molecular formula is C15H26N2O. The van der Waals surface area contributed by atoms with Gasteiger partial charge in [-0.2, -0.15) is 0 Å². The molecular weight excluding hydrogens is 224 g/mol. The first-order valence-electron chi connectivity index (χ1n) is 7.79. The highest BCUT2D eigenvalue weighted by atomic mass is 16.2. The first-order valence-corrected chi connectivity index (χ1v) is 7.79. The van der Waals surface area contributed by atoms with Crippen LogP contribution in [0.2, 0.25) is 0 Å². The number of carbonyl (C=O) groups is 1. The van der Waals surface area contributed by atoms with Crippen molar-refractivity contribution in [2.75, 3.05) is 13.1 Å². The normalized spacial score (nSPS) is 40.6. The van der Waals surface area contributed by atoms with Gasteiger partial charge in [-0.3, -0.25) is 4.79 Å². The highest BCUT2D eigenvalue weighted by Crippen LogP contribution is 2.37. The average Bonchev–Trinajstić information content (AvgIpc) is 2.87. The quantitative estimate of drug-likeness (QED) is 0.773. The van der Waals surface area contributed by atoms with E-state index in [0.29, 0.717) is 18.0 Å². The standard InChI is InChI=1S/C15H26N2O/c1-11-7-8-13(10-16-11)15(18)17-9-3-5-12-4-2-6-14(12)17/h11-14,16H,2-10H2,1H3. The van der Waals surface area contributed by atoms with E-state index in [1.807, 2.05) is 0 Å². The number of nitrogens with one attached hydrogen (secondary N) is 1. The van der Waals surface area contributed by atoms with Gasteiger partial charge in [0.05, 0.1) is 5.92 Å². The molecule has 3 rings (SSSR count). The van der Waals surface area contributed by atoms with Crippen LogP contribution in [-0.4, -0.2) is 36.0 Å². The molecule has 1 N–H and O–H groups in total. The molecule has 1 amide bonds. The minimum Gasteiger partial charge on any atom is -0.339 e. The summed E-state index contributed by atoms with van der Waals surface area (Å²) in [6.07, 6.45) is 8.76. The van der Waals surface area contributed by atoms with Gasteiger partial charge >= 0.3 is 0 Å². The van der Waals surface area contributed by atoms with Crippen molar-refractivity contribution in [2.45, 2.75) is 64.0 Å². The summed E-state index contributed by atoms with van der Waals surface area (Å²) < 4.78 is 0. The Morgan fingerprint density at radius 3 is 2.72 bits per heavy atom. The molecule has 18 heavy (non-hydrogen) atoms. The second kappa shape index (κ2) is 5.20. The van der Waals surface area contributed by atoms with E-state index in [-0.39, 0.29) is 5.92 Å².